The van der Waals surface area contributed by atoms with Crippen molar-refractivity contribution >= 4 is 21.3 Å². The van der Waals surface area contributed by atoms with Crippen molar-refractivity contribution in [3.8, 4) is 0 Å². The van der Waals surface area contributed by atoms with Crippen molar-refractivity contribution in [2.45, 2.75) is 19.9 Å². The van der Waals surface area contributed by atoms with Crippen molar-refractivity contribution in [2.24, 2.45) is 5.92 Å². The molecule has 1 amide bonds. The van der Waals surface area contributed by atoms with Gasteiger partial charge < -0.3 is 10.1 Å². The van der Waals surface area contributed by atoms with E-state index in [1.165, 1.54) is 0 Å². The van der Waals surface area contributed by atoms with Gasteiger partial charge in [-0.15, -0.1) is 0 Å². The molecule has 0 fully saturated rings. The third-order valence-corrected chi connectivity index (χ3v) is 2.22. The fraction of sp³-hybridized carbons (Fsp3) is 0.714. The molecule has 0 bridgehead atoms. The van der Waals surface area contributed by atoms with Crippen LogP contribution in [0.4, 0.5) is 4.79 Å². The van der Waals surface area contributed by atoms with Gasteiger partial charge in [-0.25, -0.2) is 4.79 Å². The number of amides is 1. The van der Waals surface area contributed by atoms with Gasteiger partial charge in [-0.3, -0.25) is 9.35 Å². The zero-order valence-corrected chi connectivity index (χ0v) is 9.37. The lowest BCUT2D eigenvalue weighted by atomic mass is 10.1. The summed E-state index contributed by atoms with van der Waals surface area (Å²) in [5, 5.41) is 0.237. The Morgan fingerprint density at radius 3 is 2.07 bits per heavy atom. The van der Waals surface area contributed by atoms with Crippen LogP contribution in [-0.4, -0.2) is 37.3 Å². The Morgan fingerprint density at radius 1 is 1.33 bits per heavy atom. The highest BCUT2D eigenvalue weighted by Crippen LogP contribution is 2.04. The van der Waals surface area contributed by atoms with Gasteiger partial charge in [0.15, 0.2) is 0 Å². The average Bonchev–Trinajstić information content (AvgIpc) is 2.10. The molecular formula is C7H13NO6S. The molecular weight excluding hydrogens is 226 g/mol. The lowest BCUT2D eigenvalue weighted by Gasteiger charge is -2.18. The molecule has 0 unspecified atom stereocenters. The van der Waals surface area contributed by atoms with Crippen LogP contribution in [-0.2, 0) is 19.6 Å². The van der Waals surface area contributed by atoms with Crippen LogP contribution in [0.3, 0.4) is 0 Å². The average molecular weight is 239 g/mol. The summed E-state index contributed by atoms with van der Waals surface area (Å²) in [6.45, 7) is 3.18. The SMILES string of the molecule is COC(=O)[C@@H](NC(=O)S(=O)(=O)O)C(C)C. The van der Waals surface area contributed by atoms with Crippen molar-refractivity contribution in [1.29, 1.82) is 0 Å². The Hall–Kier alpha value is -1.15. The van der Waals surface area contributed by atoms with Crippen LogP contribution in [0.1, 0.15) is 13.8 Å². The first-order valence-corrected chi connectivity index (χ1v) is 5.50. The number of hydrogen-bond acceptors (Lipinski definition) is 5. The molecule has 0 aliphatic heterocycles. The van der Waals surface area contributed by atoms with Crippen molar-refractivity contribution < 1.29 is 27.3 Å². The topological polar surface area (TPSA) is 110 Å². The lowest BCUT2D eigenvalue weighted by Crippen LogP contribution is -2.46. The first kappa shape index (κ1) is 13.8. The summed E-state index contributed by atoms with van der Waals surface area (Å²) in [5.74, 6) is -1.13. The van der Waals surface area contributed by atoms with Crippen LogP contribution >= 0.6 is 0 Å². The Kier molecular flexibility index (Phi) is 4.69. The summed E-state index contributed by atoms with van der Waals surface area (Å²) in [6, 6.07) is -1.11. The highest BCUT2D eigenvalue weighted by atomic mass is 32.2. The summed E-state index contributed by atoms with van der Waals surface area (Å²) in [4.78, 5) is 21.9. The van der Waals surface area contributed by atoms with Gasteiger partial charge in [0.2, 0.25) is 0 Å². The molecule has 7 nitrogen and oxygen atoms in total. The molecule has 0 radical (unpaired) electrons. The minimum atomic E-state index is -4.83. The van der Waals surface area contributed by atoms with E-state index in [1.807, 2.05) is 5.32 Å². The van der Waals surface area contributed by atoms with E-state index in [2.05, 4.69) is 4.74 Å². The molecule has 0 aliphatic rings. The number of nitrogens with one attached hydrogen (secondary N) is 1. The molecule has 0 rings (SSSR count). The lowest BCUT2D eigenvalue weighted by molar-refractivity contribution is -0.143. The number of methoxy groups -OCH3 is 1. The second-order valence-electron chi connectivity index (χ2n) is 3.15. The number of hydrogen-bond donors (Lipinski definition) is 2. The van der Waals surface area contributed by atoms with Crippen molar-refractivity contribution in [3.05, 3.63) is 0 Å². The second-order valence-corrected chi connectivity index (χ2v) is 4.47. The predicted molar refractivity (Wildman–Crippen MR) is 50.7 cm³/mol. The standard InChI is InChI=1S/C7H13NO6S/c1-4(2)5(6(9)14-3)8-7(10)15(11,12)13/h4-5H,1-3H3,(H,8,10)(H,11,12,13)/t5-/m0/s1. The monoisotopic (exact) mass is 239 g/mol. The van der Waals surface area contributed by atoms with Crippen LogP contribution in [0.5, 0.6) is 0 Å². The minimum absolute atomic E-state index is 0.358. The zero-order chi connectivity index (χ0) is 12.2. The number of rotatable bonds is 3. The van der Waals surface area contributed by atoms with Gasteiger partial charge in [-0.05, 0) is 5.92 Å². The molecule has 1 atom stereocenters. The van der Waals surface area contributed by atoms with Gasteiger partial charge in [0.05, 0.1) is 7.11 Å². The van der Waals surface area contributed by atoms with Crippen LogP contribution < -0.4 is 5.32 Å². The maximum absolute atomic E-state index is 11.1. The summed E-state index contributed by atoms with van der Waals surface area (Å²) >= 11 is 0. The molecule has 0 saturated carbocycles. The number of carbonyl (C=O) groups is 2. The summed E-state index contributed by atoms with van der Waals surface area (Å²) in [5.41, 5.74) is 0. The zero-order valence-electron chi connectivity index (χ0n) is 8.55. The van der Waals surface area contributed by atoms with Gasteiger partial charge in [0, 0.05) is 0 Å². The third-order valence-electron chi connectivity index (χ3n) is 1.63. The van der Waals surface area contributed by atoms with Crippen molar-refractivity contribution in [1.82, 2.24) is 5.32 Å². The van der Waals surface area contributed by atoms with E-state index >= 15 is 0 Å². The van der Waals surface area contributed by atoms with Crippen molar-refractivity contribution in [3.63, 3.8) is 0 Å². The highest BCUT2D eigenvalue weighted by Gasteiger charge is 2.29. The fourth-order valence-electron chi connectivity index (χ4n) is 0.826. The number of carbonyl (C=O) groups excluding carboxylic acids is 2. The van der Waals surface area contributed by atoms with Crippen molar-refractivity contribution in [2.75, 3.05) is 7.11 Å². The molecule has 0 aliphatic carbocycles. The molecule has 0 saturated heterocycles. The van der Waals surface area contributed by atoms with Crippen LogP contribution in [0, 0.1) is 5.92 Å². The van der Waals surface area contributed by atoms with E-state index < -0.39 is 27.4 Å². The van der Waals surface area contributed by atoms with Crippen LogP contribution in [0.15, 0.2) is 0 Å². The predicted octanol–water partition coefficient (Wildman–Crippen LogP) is -0.219. The maximum Gasteiger partial charge on any atom is 0.364 e. The quantitative estimate of drug-likeness (QED) is 0.520. The van der Waals surface area contributed by atoms with Crippen LogP contribution in [0.25, 0.3) is 0 Å². The fourth-order valence-corrected chi connectivity index (χ4v) is 1.10. The molecule has 0 heterocycles. The van der Waals surface area contributed by atoms with Gasteiger partial charge in [-0.1, -0.05) is 13.8 Å². The minimum Gasteiger partial charge on any atom is -0.467 e. The van der Waals surface area contributed by atoms with E-state index in [0.717, 1.165) is 7.11 Å². The first-order chi connectivity index (χ1) is 6.70. The molecule has 0 spiro atoms. The van der Waals surface area contributed by atoms with Gasteiger partial charge in [0.25, 0.3) is 0 Å². The normalized spacial score (nSPS) is 13.4. The Morgan fingerprint density at radius 2 is 1.80 bits per heavy atom. The van der Waals surface area contributed by atoms with E-state index in [1.54, 1.807) is 13.8 Å². The Labute approximate surface area is 87.5 Å². The second kappa shape index (κ2) is 5.08. The molecule has 0 aromatic rings. The summed E-state index contributed by atoms with van der Waals surface area (Å²) in [6.07, 6.45) is 0. The van der Waals surface area contributed by atoms with Gasteiger partial charge in [0.1, 0.15) is 6.04 Å². The molecule has 15 heavy (non-hydrogen) atoms. The molecule has 8 heteroatoms. The maximum atomic E-state index is 11.1. The highest BCUT2D eigenvalue weighted by molar-refractivity contribution is 8.01. The van der Waals surface area contributed by atoms with Crippen LogP contribution in [0.2, 0.25) is 0 Å². The molecule has 0 aromatic heterocycles. The molecule has 2 N–H and O–H groups in total. The van der Waals surface area contributed by atoms with Gasteiger partial charge >= 0.3 is 21.3 Å². The van der Waals surface area contributed by atoms with E-state index in [0.29, 0.717) is 0 Å². The third kappa shape index (κ3) is 4.26. The molecule has 88 valence electrons. The largest absolute Gasteiger partial charge is 0.467 e. The molecule has 0 aromatic carbocycles. The summed E-state index contributed by atoms with van der Waals surface area (Å²) in [7, 11) is -3.72. The van der Waals surface area contributed by atoms with E-state index in [9.17, 15) is 18.0 Å². The number of esters is 1. The first-order valence-electron chi connectivity index (χ1n) is 4.06. The Bertz CT molecular complexity index is 346. The summed E-state index contributed by atoms with van der Waals surface area (Å²) < 4.78 is 33.5. The number of ether oxygens (including phenoxy) is 1. The Balaban J connectivity index is 4.72. The van der Waals surface area contributed by atoms with E-state index in [4.69, 9.17) is 4.55 Å². The van der Waals surface area contributed by atoms with Gasteiger partial charge in [-0.2, -0.15) is 8.42 Å². The van der Waals surface area contributed by atoms with E-state index in [-0.39, 0.29) is 5.92 Å². The smallest absolute Gasteiger partial charge is 0.364 e.